The topological polar surface area (TPSA) is 81.1 Å². The Morgan fingerprint density at radius 2 is 1.69 bits per heavy atom. The third-order valence-corrected chi connectivity index (χ3v) is 5.94. The van der Waals surface area contributed by atoms with E-state index in [1.54, 1.807) is 36.4 Å². The largest absolute Gasteiger partial charge is 0.346 e. The minimum Gasteiger partial charge on any atom is -0.346 e. The molecule has 0 unspecified atom stereocenters. The average Bonchev–Trinajstić information content (AvgIpc) is 2.98. The van der Waals surface area contributed by atoms with Crippen molar-refractivity contribution in [2.24, 2.45) is 0 Å². The minimum absolute atomic E-state index is 0.178. The zero-order valence-corrected chi connectivity index (χ0v) is 17.8. The van der Waals surface area contributed by atoms with Gasteiger partial charge in [-0.05, 0) is 62.2 Å². The van der Waals surface area contributed by atoms with Gasteiger partial charge in [0.15, 0.2) is 9.84 Å². The molecule has 29 heavy (non-hydrogen) atoms. The fourth-order valence-electron chi connectivity index (χ4n) is 3.14. The number of carbonyl (C=O) groups excluding carboxylic acids is 1. The number of amides is 1. The second kappa shape index (κ2) is 8.21. The van der Waals surface area contributed by atoms with Crippen LogP contribution >= 0.6 is 0 Å². The molecule has 0 aliphatic heterocycles. The maximum absolute atomic E-state index is 12.6. The van der Waals surface area contributed by atoms with E-state index >= 15 is 0 Å². The summed E-state index contributed by atoms with van der Waals surface area (Å²) in [5, 5.41) is 7.40. The molecule has 1 amide bonds. The maximum atomic E-state index is 12.6. The number of aryl methyl sites for hydroxylation is 2. The van der Waals surface area contributed by atoms with Gasteiger partial charge in [-0.15, -0.1) is 0 Å². The molecule has 1 aromatic heterocycles. The molecule has 0 spiro atoms. The van der Waals surface area contributed by atoms with Gasteiger partial charge < -0.3 is 5.32 Å². The molecule has 1 N–H and O–H groups in total. The number of aromatic nitrogens is 2. The first-order valence-electron chi connectivity index (χ1n) is 9.34. The molecule has 0 radical (unpaired) electrons. The Labute approximate surface area is 171 Å². The third kappa shape index (κ3) is 5.12. The summed E-state index contributed by atoms with van der Waals surface area (Å²) in [5.41, 5.74) is 4.56. The number of hydrogen-bond donors (Lipinski definition) is 1. The van der Waals surface area contributed by atoms with Crippen LogP contribution in [-0.2, 0) is 16.4 Å². The van der Waals surface area contributed by atoms with Gasteiger partial charge in [0.05, 0.1) is 23.2 Å². The maximum Gasteiger partial charge on any atom is 0.251 e. The van der Waals surface area contributed by atoms with Crippen molar-refractivity contribution in [3.63, 3.8) is 0 Å². The lowest BCUT2D eigenvalue weighted by atomic mass is 10.1. The van der Waals surface area contributed by atoms with Gasteiger partial charge in [0.2, 0.25) is 0 Å². The van der Waals surface area contributed by atoms with E-state index in [-0.39, 0.29) is 16.8 Å². The summed E-state index contributed by atoms with van der Waals surface area (Å²) in [6.45, 7) is 6.51. The predicted octanol–water partition coefficient (Wildman–Crippen LogP) is 3.44. The number of nitrogens with one attached hydrogen (secondary N) is 1. The van der Waals surface area contributed by atoms with E-state index < -0.39 is 9.84 Å². The Hall–Kier alpha value is -2.93. The van der Waals surface area contributed by atoms with Crippen molar-refractivity contribution in [2.45, 2.75) is 38.3 Å². The van der Waals surface area contributed by atoms with E-state index in [1.165, 1.54) is 6.26 Å². The highest BCUT2D eigenvalue weighted by atomic mass is 32.2. The van der Waals surface area contributed by atoms with E-state index in [0.29, 0.717) is 12.1 Å². The summed E-state index contributed by atoms with van der Waals surface area (Å²) in [4.78, 5) is 12.8. The predicted molar refractivity (Wildman–Crippen MR) is 113 cm³/mol. The van der Waals surface area contributed by atoms with Crippen molar-refractivity contribution in [1.29, 1.82) is 0 Å². The van der Waals surface area contributed by atoms with Crippen LogP contribution in [0.2, 0.25) is 0 Å². The van der Waals surface area contributed by atoms with Gasteiger partial charge in [-0.3, -0.25) is 9.48 Å². The quantitative estimate of drug-likeness (QED) is 0.674. The Morgan fingerprint density at radius 3 is 2.21 bits per heavy atom. The lowest BCUT2D eigenvalue weighted by Gasteiger charge is -2.15. The molecule has 7 heteroatoms. The number of carbonyl (C=O) groups is 1. The lowest BCUT2D eigenvalue weighted by molar-refractivity contribution is 0.0940. The molecule has 3 aromatic rings. The zero-order chi connectivity index (χ0) is 21.2. The van der Waals surface area contributed by atoms with E-state index in [2.05, 4.69) is 10.4 Å². The first-order chi connectivity index (χ1) is 13.6. The van der Waals surface area contributed by atoms with Crippen LogP contribution < -0.4 is 5.32 Å². The van der Waals surface area contributed by atoms with Crippen LogP contribution in [0.25, 0.3) is 0 Å². The van der Waals surface area contributed by atoms with E-state index in [4.69, 9.17) is 0 Å². The summed E-state index contributed by atoms with van der Waals surface area (Å²) in [6, 6.07) is 15.8. The molecule has 0 aliphatic carbocycles. The number of hydrogen-bond acceptors (Lipinski definition) is 4. The van der Waals surface area contributed by atoms with Crippen LogP contribution in [0.1, 0.15) is 45.8 Å². The van der Waals surface area contributed by atoms with Crippen molar-refractivity contribution in [3.8, 4) is 0 Å². The molecule has 0 saturated heterocycles. The average molecular weight is 412 g/mol. The lowest BCUT2D eigenvalue weighted by Crippen LogP contribution is -2.26. The molecule has 1 atom stereocenters. The number of sulfone groups is 1. The normalized spacial score (nSPS) is 12.6. The molecule has 1 heterocycles. The molecule has 2 aromatic carbocycles. The summed E-state index contributed by atoms with van der Waals surface area (Å²) in [5.74, 6) is -0.178. The van der Waals surface area contributed by atoms with Gasteiger partial charge in [-0.1, -0.05) is 24.3 Å². The molecule has 0 fully saturated rings. The van der Waals surface area contributed by atoms with Gasteiger partial charge in [0, 0.05) is 17.5 Å². The monoisotopic (exact) mass is 411 g/mol. The Morgan fingerprint density at radius 1 is 1.07 bits per heavy atom. The van der Waals surface area contributed by atoms with Gasteiger partial charge in [-0.25, -0.2) is 8.42 Å². The zero-order valence-electron chi connectivity index (χ0n) is 17.0. The molecule has 0 saturated carbocycles. The van der Waals surface area contributed by atoms with Crippen LogP contribution in [0, 0.1) is 13.8 Å². The van der Waals surface area contributed by atoms with Crippen molar-refractivity contribution in [1.82, 2.24) is 15.1 Å². The molecule has 152 valence electrons. The Bertz CT molecular complexity index is 1120. The number of rotatable bonds is 6. The first-order valence-corrected chi connectivity index (χ1v) is 11.2. The van der Waals surface area contributed by atoms with E-state index in [1.807, 2.05) is 43.7 Å². The fourth-order valence-corrected chi connectivity index (χ4v) is 3.77. The Kier molecular flexibility index (Phi) is 5.88. The van der Waals surface area contributed by atoms with Crippen LogP contribution in [-0.4, -0.2) is 30.4 Å². The molecule has 3 rings (SSSR count). The van der Waals surface area contributed by atoms with E-state index in [0.717, 1.165) is 22.5 Å². The van der Waals surface area contributed by atoms with Crippen molar-refractivity contribution in [2.75, 3.05) is 6.26 Å². The van der Waals surface area contributed by atoms with Crippen LogP contribution in [0.15, 0.2) is 59.5 Å². The molecule has 6 nitrogen and oxygen atoms in total. The molecule has 0 bridgehead atoms. The highest BCUT2D eigenvalue weighted by Crippen LogP contribution is 2.17. The van der Waals surface area contributed by atoms with Crippen molar-refractivity contribution in [3.05, 3.63) is 82.7 Å². The summed E-state index contributed by atoms with van der Waals surface area (Å²) in [7, 11) is -3.23. The van der Waals surface area contributed by atoms with E-state index in [9.17, 15) is 13.2 Å². The summed E-state index contributed by atoms with van der Waals surface area (Å²) in [6.07, 6.45) is 1.17. The van der Waals surface area contributed by atoms with Crippen molar-refractivity contribution < 1.29 is 13.2 Å². The molecule has 0 aliphatic rings. The van der Waals surface area contributed by atoms with Crippen molar-refractivity contribution >= 4 is 15.7 Å². The fraction of sp³-hybridized carbons (Fsp3) is 0.273. The van der Waals surface area contributed by atoms with Gasteiger partial charge in [-0.2, -0.15) is 5.10 Å². The first kappa shape index (κ1) is 20.8. The SMILES string of the molecule is Cc1cc(C)n(Cc2ccc(C(=O)N[C@@H](C)c3ccc(S(C)(=O)=O)cc3)cc2)n1. The third-order valence-electron chi connectivity index (χ3n) is 4.81. The highest BCUT2D eigenvalue weighted by molar-refractivity contribution is 7.90. The second-order valence-corrected chi connectivity index (χ2v) is 9.33. The van der Waals surface area contributed by atoms with Gasteiger partial charge >= 0.3 is 0 Å². The standard InChI is InChI=1S/C22H25N3O3S/c1-15-13-16(2)25(24-15)14-18-5-7-20(8-6-18)22(26)23-17(3)19-9-11-21(12-10-19)29(4,27)28/h5-13,17H,14H2,1-4H3,(H,23,26)/t17-/m0/s1. The van der Waals surface area contributed by atoms with Gasteiger partial charge in [0.25, 0.3) is 5.91 Å². The molecular weight excluding hydrogens is 386 g/mol. The Balaban J connectivity index is 1.65. The van der Waals surface area contributed by atoms with Gasteiger partial charge in [0.1, 0.15) is 0 Å². The minimum atomic E-state index is -3.23. The highest BCUT2D eigenvalue weighted by Gasteiger charge is 2.13. The molecular formula is C22H25N3O3S. The second-order valence-electron chi connectivity index (χ2n) is 7.32. The van der Waals surface area contributed by atoms with Crippen LogP contribution in [0.3, 0.4) is 0 Å². The smallest absolute Gasteiger partial charge is 0.251 e. The summed E-state index contributed by atoms with van der Waals surface area (Å²) >= 11 is 0. The van der Waals surface area contributed by atoms with Crippen LogP contribution in [0.4, 0.5) is 0 Å². The summed E-state index contributed by atoms with van der Waals surface area (Å²) < 4.78 is 25.1. The number of nitrogens with zero attached hydrogens (tertiary/aromatic N) is 2. The van der Waals surface area contributed by atoms with Crippen LogP contribution in [0.5, 0.6) is 0 Å². The number of benzene rings is 2.